The molecule has 0 radical (unpaired) electrons. The number of aromatic nitrogens is 2. The summed E-state index contributed by atoms with van der Waals surface area (Å²) >= 11 is 0. The Bertz CT molecular complexity index is 349. The van der Waals surface area contributed by atoms with Gasteiger partial charge in [0.05, 0.1) is 12.7 Å². The second kappa shape index (κ2) is 4.82. The molecule has 1 aromatic heterocycles. The van der Waals surface area contributed by atoms with Crippen LogP contribution < -0.4 is 5.32 Å². The van der Waals surface area contributed by atoms with Gasteiger partial charge in [-0.1, -0.05) is 0 Å². The summed E-state index contributed by atoms with van der Waals surface area (Å²) in [6, 6.07) is 0. The lowest BCUT2D eigenvalue weighted by molar-refractivity contribution is -0.125. The molecule has 92 valence electrons. The molecule has 7 heteroatoms. The zero-order valence-electron chi connectivity index (χ0n) is 8.98. The average molecular weight is 239 g/mol. The smallest absolute Gasteiger partial charge is 0.307 e. The second-order valence-electron chi connectivity index (χ2n) is 3.54. The summed E-state index contributed by atoms with van der Waals surface area (Å²) in [5.41, 5.74) is 1.53. The minimum atomic E-state index is -3.99. The molecule has 0 aliphatic rings. The molecule has 1 rings (SSSR count). The molecule has 0 spiro atoms. The van der Waals surface area contributed by atoms with Gasteiger partial charge in [-0.25, -0.2) is 8.78 Å². The number of hydrogen-bond acceptors (Lipinski definition) is 2. The molecule has 0 amide bonds. The largest absolute Gasteiger partial charge is 0.319 e. The van der Waals surface area contributed by atoms with Crippen LogP contribution in [0.5, 0.6) is 0 Å². The fraction of sp³-hybridized carbons (Fsp3) is 0.667. The quantitative estimate of drug-likeness (QED) is 0.793. The van der Waals surface area contributed by atoms with Crippen LogP contribution in [0, 0.1) is 6.92 Å². The van der Waals surface area contributed by atoms with Crippen LogP contribution in [0.4, 0.5) is 17.6 Å². The summed E-state index contributed by atoms with van der Waals surface area (Å²) in [6.45, 7) is 0.830. The van der Waals surface area contributed by atoms with Gasteiger partial charge in [0.2, 0.25) is 0 Å². The molecule has 0 aliphatic heterocycles. The van der Waals surface area contributed by atoms with Gasteiger partial charge in [-0.15, -0.1) is 0 Å². The molecule has 0 bridgehead atoms. The van der Waals surface area contributed by atoms with Crippen LogP contribution >= 0.6 is 0 Å². The van der Waals surface area contributed by atoms with Gasteiger partial charge in [0.25, 0.3) is 0 Å². The number of aryl methyl sites for hydroxylation is 1. The van der Waals surface area contributed by atoms with Crippen molar-refractivity contribution in [1.29, 1.82) is 0 Å². The molecule has 0 aliphatic carbocycles. The van der Waals surface area contributed by atoms with Gasteiger partial charge >= 0.3 is 12.3 Å². The first-order valence-corrected chi connectivity index (χ1v) is 4.68. The Morgan fingerprint density at radius 2 is 2.12 bits per heavy atom. The van der Waals surface area contributed by atoms with E-state index in [1.807, 2.05) is 0 Å². The number of nitrogens with one attached hydrogen (secondary N) is 1. The summed E-state index contributed by atoms with van der Waals surface area (Å²) in [5, 5.41) is 6.20. The van der Waals surface area contributed by atoms with Crippen LogP contribution in [0.25, 0.3) is 0 Å². The van der Waals surface area contributed by atoms with E-state index >= 15 is 0 Å². The molecule has 0 fully saturated rings. The Balaban J connectivity index is 2.45. The monoisotopic (exact) mass is 239 g/mol. The van der Waals surface area contributed by atoms with Crippen molar-refractivity contribution in [2.75, 3.05) is 6.54 Å². The Morgan fingerprint density at radius 3 is 2.56 bits per heavy atom. The van der Waals surface area contributed by atoms with E-state index in [9.17, 15) is 17.6 Å². The fourth-order valence-electron chi connectivity index (χ4n) is 1.16. The fourth-order valence-corrected chi connectivity index (χ4v) is 1.16. The number of alkyl halides is 4. The van der Waals surface area contributed by atoms with E-state index in [4.69, 9.17) is 0 Å². The van der Waals surface area contributed by atoms with Crippen molar-refractivity contribution >= 4 is 0 Å². The summed E-state index contributed by atoms with van der Waals surface area (Å²) in [7, 11) is 1.71. The Morgan fingerprint density at radius 1 is 1.50 bits per heavy atom. The second-order valence-corrected chi connectivity index (χ2v) is 3.54. The highest BCUT2D eigenvalue weighted by atomic mass is 19.3. The lowest BCUT2D eigenvalue weighted by Gasteiger charge is -2.15. The molecule has 1 N–H and O–H groups in total. The highest BCUT2D eigenvalue weighted by Crippen LogP contribution is 2.21. The SMILES string of the molecule is Cc1c(CNCC(F)(F)C(F)F)cnn1C. The van der Waals surface area contributed by atoms with E-state index in [0.29, 0.717) is 5.56 Å². The van der Waals surface area contributed by atoms with Crippen LogP contribution in [0.1, 0.15) is 11.3 Å². The first kappa shape index (κ1) is 13.0. The van der Waals surface area contributed by atoms with Crippen molar-refractivity contribution in [3.05, 3.63) is 17.5 Å². The topological polar surface area (TPSA) is 29.9 Å². The molecule has 1 aromatic rings. The zero-order chi connectivity index (χ0) is 12.3. The van der Waals surface area contributed by atoms with Gasteiger partial charge in [0.1, 0.15) is 0 Å². The molecular formula is C9H13F4N3. The predicted molar refractivity (Wildman–Crippen MR) is 50.6 cm³/mol. The van der Waals surface area contributed by atoms with E-state index in [2.05, 4.69) is 10.4 Å². The van der Waals surface area contributed by atoms with Gasteiger partial charge in [0.15, 0.2) is 0 Å². The van der Waals surface area contributed by atoms with Crippen molar-refractivity contribution in [2.45, 2.75) is 25.8 Å². The third-order valence-corrected chi connectivity index (χ3v) is 2.33. The van der Waals surface area contributed by atoms with Crippen molar-refractivity contribution in [1.82, 2.24) is 15.1 Å². The van der Waals surface area contributed by atoms with Gasteiger partial charge in [-0.2, -0.15) is 13.9 Å². The maximum Gasteiger partial charge on any atom is 0.319 e. The molecule has 0 saturated heterocycles. The van der Waals surface area contributed by atoms with Crippen molar-refractivity contribution in [3.8, 4) is 0 Å². The van der Waals surface area contributed by atoms with Gasteiger partial charge in [-0.05, 0) is 6.92 Å². The summed E-state index contributed by atoms with van der Waals surface area (Å²) in [5.74, 6) is -3.99. The Kier molecular flexibility index (Phi) is 3.90. The van der Waals surface area contributed by atoms with Crippen LogP contribution in [0.2, 0.25) is 0 Å². The van der Waals surface area contributed by atoms with Crippen LogP contribution in [-0.4, -0.2) is 28.7 Å². The maximum atomic E-state index is 12.5. The van der Waals surface area contributed by atoms with Crippen LogP contribution in [0.3, 0.4) is 0 Å². The summed E-state index contributed by atoms with van der Waals surface area (Å²) in [4.78, 5) is 0. The minimum absolute atomic E-state index is 0.0992. The van der Waals surface area contributed by atoms with Crippen LogP contribution in [-0.2, 0) is 13.6 Å². The number of rotatable bonds is 5. The Labute approximate surface area is 90.4 Å². The van der Waals surface area contributed by atoms with Crippen LogP contribution in [0.15, 0.2) is 6.20 Å². The number of nitrogens with zero attached hydrogens (tertiary/aromatic N) is 2. The van der Waals surface area contributed by atoms with E-state index in [0.717, 1.165) is 5.69 Å². The van der Waals surface area contributed by atoms with E-state index in [1.165, 1.54) is 6.20 Å². The summed E-state index contributed by atoms with van der Waals surface area (Å²) in [6.07, 6.45) is -2.13. The third-order valence-electron chi connectivity index (χ3n) is 2.33. The van der Waals surface area contributed by atoms with E-state index in [1.54, 1.807) is 18.7 Å². The third kappa shape index (κ3) is 2.94. The molecule has 1 heterocycles. The van der Waals surface area contributed by atoms with E-state index < -0.39 is 18.9 Å². The predicted octanol–water partition coefficient (Wildman–Crippen LogP) is 1.72. The van der Waals surface area contributed by atoms with Crippen molar-refractivity contribution in [3.63, 3.8) is 0 Å². The van der Waals surface area contributed by atoms with Gasteiger partial charge in [0, 0.05) is 24.8 Å². The molecule has 0 saturated carbocycles. The molecular weight excluding hydrogens is 226 g/mol. The number of hydrogen-bond donors (Lipinski definition) is 1. The zero-order valence-corrected chi connectivity index (χ0v) is 8.98. The Hall–Kier alpha value is -1.11. The molecule has 0 atom stereocenters. The minimum Gasteiger partial charge on any atom is -0.307 e. The highest BCUT2D eigenvalue weighted by molar-refractivity contribution is 5.15. The highest BCUT2D eigenvalue weighted by Gasteiger charge is 2.39. The standard InChI is InChI=1S/C9H13F4N3/c1-6-7(4-15-16(6)2)3-14-5-9(12,13)8(10)11/h4,8,14H,3,5H2,1-2H3. The molecule has 0 aromatic carbocycles. The molecule has 0 unspecified atom stereocenters. The lowest BCUT2D eigenvalue weighted by atomic mass is 10.2. The number of halogens is 4. The normalized spacial score (nSPS) is 12.4. The average Bonchev–Trinajstić information content (AvgIpc) is 2.49. The molecule has 3 nitrogen and oxygen atoms in total. The van der Waals surface area contributed by atoms with Crippen molar-refractivity contribution < 1.29 is 17.6 Å². The summed E-state index contributed by atoms with van der Waals surface area (Å²) < 4.78 is 50.3. The lowest BCUT2D eigenvalue weighted by Crippen LogP contribution is -2.38. The van der Waals surface area contributed by atoms with Crippen molar-refractivity contribution in [2.24, 2.45) is 7.05 Å². The molecule has 16 heavy (non-hydrogen) atoms. The van der Waals surface area contributed by atoms with E-state index in [-0.39, 0.29) is 6.54 Å². The van der Waals surface area contributed by atoms with Gasteiger partial charge in [-0.3, -0.25) is 4.68 Å². The first-order chi connectivity index (χ1) is 7.34. The first-order valence-electron chi connectivity index (χ1n) is 4.68. The maximum absolute atomic E-state index is 12.5. The van der Waals surface area contributed by atoms with Gasteiger partial charge < -0.3 is 5.32 Å².